The molecule has 0 saturated heterocycles. The Morgan fingerprint density at radius 1 is 0.786 bits per heavy atom. The van der Waals surface area contributed by atoms with E-state index in [-0.39, 0.29) is 11.5 Å². The number of para-hydroxylation sites is 2. The first-order chi connectivity index (χ1) is 13.7. The Morgan fingerprint density at radius 2 is 1.54 bits per heavy atom. The van der Waals surface area contributed by atoms with Crippen molar-refractivity contribution in [2.45, 2.75) is 18.4 Å². The van der Waals surface area contributed by atoms with Crippen LogP contribution in [0.5, 0.6) is 0 Å². The number of nitrogens with zero attached hydrogens (tertiary/aromatic N) is 2. The van der Waals surface area contributed by atoms with Crippen LogP contribution in [0.4, 0.5) is 11.4 Å². The van der Waals surface area contributed by atoms with E-state index in [2.05, 4.69) is 114 Å². The molecule has 2 aliphatic rings. The summed E-state index contributed by atoms with van der Waals surface area (Å²) in [4.78, 5) is 2.55. The third-order valence-electron chi connectivity index (χ3n) is 6.66. The van der Waals surface area contributed by atoms with Gasteiger partial charge in [-0.3, -0.25) is 0 Å². The second kappa shape index (κ2) is 5.39. The molecule has 6 rings (SSSR count). The highest BCUT2D eigenvalue weighted by molar-refractivity contribution is 6.15. The van der Waals surface area contributed by atoms with Crippen LogP contribution in [0.2, 0.25) is 0 Å². The highest BCUT2D eigenvalue weighted by Crippen LogP contribution is 2.52. The van der Waals surface area contributed by atoms with Gasteiger partial charge in [0, 0.05) is 34.4 Å². The number of anilines is 2. The van der Waals surface area contributed by atoms with Crippen LogP contribution in [0.25, 0.3) is 21.8 Å². The number of hydrogen-bond donors (Lipinski definition) is 0. The van der Waals surface area contributed by atoms with Gasteiger partial charge in [0.2, 0.25) is 0 Å². The van der Waals surface area contributed by atoms with Crippen LogP contribution in [0.1, 0.15) is 12.5 Å². The van der Waals surface area contributed by atoms with E-state index in [0.29, 0.717) is 0 Å². The lowest BCUT2D eigenvalue weighted by Crippen LogP contribution is -2.39. The van der Waals surface area contributed by atoms with Crippen molar-refractivity contribution >= 4 is 33.2 Å². The summed E-state index contributed by atoms with van der Waals surface area (Å²) < 4.78 is 2.31. The van der Waals surface area contributed by atoms with E-state index in [1.54, 1.807) is 0 Å². The zero-order chi connectivity index (χ0) is 18.9. The summed E-state index contributed by atoms with van der Waals surface area (Å²) in [5.41, 5.74) is 6.54. The van der Waals surface area contributed by atoms with Crippen molar-refractivity contribution in [2.75, 3.05) is 4.90 Å². The number of fused-ring (bicyclic) bond motifs is 6. The van der Waals surface area contributed by atoms with Crippen LogP contribution in [0, 0.1) is 0 Å². The maximum atomic E-state index is 2.55. The Labute approximate surface area is 165 Å². The molecule has 2 unspecified atom stereocenters. The molecule has 0 amide bonds. The van der Waals surface area contributed by atoms with Gasteiger partial charge in [0.05, 0.1) is 17.2 Å². The fraction of sp³-hybridized carbons (Fsp3) is 0.154. The van der Waals surface area contributed by atoms with Gasteiger partial charge in [-0.25, -0.2) is 0 Å². The molecule has 0 bridgehead atoms. The second-order valence-electron chi connectivity index (χ2n) is 8.11. The highest BCUT2D eigenvalue weighted by atomic mass is 15.2. The average Bonchev–Trinajstić information content (AvgIpc) is 3.18. The first-order valence-electron chi connectivity index (χ1n) is 9.91. The highest BCUT2D eigenvalue weighted by Gasteiger charge is 2.46. The Kier molecular flexibility index (Phi) is 3.03. The molecule has 0 fully saturated rings. The van der Waals surface area contributed by atoms with Crippen molar-refractivity contribution in [3.63, 3.8) is 0 Å². The molecule has 0 radical (unpaired) electrons. The van der Waals surface area contributed by atoms with Crippen LogP contribution in [0.15, 0.2) is 91.0 Å². The van der Waals surface area contributed by atoms with Crippen molar-refractivity contribution in [1.29, 1.82) is 0 Å². The van der Waals surface area contributed by atoms with Crippen molar-refractivity contribution in [3.8, 4) is 0 Å². The van der Waals surface area contributed by atoms with Gasteiger partial charge in [0.15, 0.2) is 0 Å². The largest absolute Gasteiger partial charge is 0.344 e. The molecule has 1 aromatic heterocycles. The van der Waals surface area contributed by atoms with Gasteiger partial charge in [0.1, 0.15) is 0 Å². The number of benzene rings is 3. The molecule has 1 aliphatic carbocycles. The molecule has 28 heavy (non-hydrogen) atoms. The summed E-state index contributed by atoms with van der Waals surface area (Å²) in [5, 5.41) is 2.65. The Hall–Kier alpha value is -3.26. The quantitative estimate of drug-likeness (QED) is 0.389. The molecule has 4 aromatic rings. The van der Waals surface area contributed by atoms with Crippen LogP contribution in [-0.2, 0) is 12.5 Å². The minimum absolute atomic E-state index is 0.0158. The average molecular weight is 362 g/mol. The van der Waals surface area contributed by atoms with E-state index in [9.17, 15) is 0 Å². The van der Waals surface area contributed by atoms with Crippen LogP contribution in [0.3, 0.4) is 0 Å². The summed E-state index contributed by atoms with van der Waals surface area (Å²) in [7, 11) is 2.17. The van der Waals surface area contributed by atoms with Gasteiger partial charge in [-0.15, -0.1) is 0 Å². The third-order valence-corrected chi connectivity index (χ3v) is 6.66. The minimum atomic E-state index is -0.0158. The molecule has 0 N–H and O–H groups in total. The zero-order valence-electron chi connectivity index (χ0n) is 16.1. The van der Waals surface area contributed by atoms with Crippen LogP contribution in [-0.4, -0.2) is 10.6 Å². The van der Waals surface area contributed by atoms with Gasteiger partial charge in [-0.1, -0.05) is 66.8 Å². The zero-order valence-corrected chi connectivity index (χ0v) is 16.1. The first-order valence-corrected chi connectivity index (χ1v) is 9.91. The monoisotopic (exact) mass is 362 g/mol. The smallest absolute Gasteiger partial charge is 0.0655 e. The van der Waals surface area contributed by atoms with E-state index in [1.165, 1.54) is 38.7 Å². The van der Waals surface area contributed by atoms with E-state index in [1.807, 2.05) is 0 Å². The van der Waals surface area contributed by atoms with Gasteiger partial charge >= 0.3 is 0 Å². The Bertz CT molecular complexity index is 1310. The Balaban J connectivity index is 1.72. The molecule has 2 heteroatoms. The van der Waals surface area contributed by atoms with E-state index >= 15 is 0 Å². The molecular weight excluding hydrogens is 340 g/mol. The topological polar surface area (TPSA) is 8.17 Å². The lowest BCUT2D eigenvalue weighted by Gasteiger charge is -2.35. The maximum absolute atomic E-state index is 2.55. The number of aryl methyl sites for hydroxylation is 1. The lowest BCUT2D eigenvalue weighted by molar-refractivity contribution is 0.551. The summed E-state index contributed by atoms with van der Waals surface area (Å²) in [5.74, 6) is 0. The molecule has 2 atom stereocenters. The standard InChI is InChI=1S/C26H22N2/c1-26-17-8-7-16-24(26)28(21-13-6-4-11-19(21)26)23-15-9-14-22-25(23)18-10-3-5-12-20(18)27(22)2/h3-17,24H,1-2H3. The second-order valence-corrected chi connectivity index (χ2v) is 8.11. The third kappa shape index (κ3) is 1.83. The van der Waals surface area contributed by atoms with Crippen molar-refractivity contribution in [2.24, 2.45) is 7.05 Å². The molecule has 0 spiro atoms. The molecule has 0 saturated carbocycles. The summed E-state index contributed by atoms with van der Waals surface area (Å²) in [6, 6.07) is 24.6. The van der Waals surface area contributed by atoms with Crippen molar-refractivity contribution in [3.05, 3.63) is 96.6 Å². The van der Waals surface area contributed by atoms with E-state index in [0.717, 1.165) is 0 Å². The predicted molar refractivity (Wildman–Crippen MR) is 118 cm³/mol. The number of hydrogen-bond acceptors (Lipinski definition) is 1. The van der Waals surface area contributed by atoms with Crippen LogP contribution < -0.4 is 4.90 Å². The summed E-state index contributed by atoms with van der Waals surface area (Å²) in [6.07, 6.45) is 9.09. The van der Waals surface area contributed by atoms with Gasteiger partial charge < -0.3 is 9.47 Å². The maximum Gasteiger partial charge on any atom is 0.0655 e. The fourth-order valence-electron chi connectivity index (χ4n) is 5.29. The predicted octanol–water partition coefficient (Wildman–Crippen LogP) is 6.24. The van der Waals surface area contributed by atoms with E-state index in [4.69, 9.17) is 0 Å². The van der Waals surface area contributed by atoms with Gasteiger partial charge in [-0.2, -0.15) is 0 Å². The minimum Gasteiger partial charge on any atom is -0.344 e. The lowest BCUT2D eigenvalue weighted by atomic mass is 9.76. The van der Waals surface area contributed by atoms with Crippen molar-refractivity contribution in [1.82, 2.24) is 4.57 Å². The number of allylic oxidation sites excluding steroid dienone is 2. The summed E-state index contributed by atoms with van der Waals surface area (Å²) in [6.45, 7) is 2.36. The normalized spacial score (nSPS) is 22.8. The van der Waals surface area contributed by atoms with Gasteiger partial charge in [-0.05, 0) is 36.8 Å². The summed E-state index contributed by atoms with van der Waals surface area (Å²) >= 11 is 0. The molecule has 2 nitrogen and oxygen atoms in total. The molecule has 1 aliphatic heterocycles. The Morgan fingerprint density at radius 3 is 2.46 bits per heavy atom. The van der Waals surface area contributed by atoms with E-state index < -0.39 is 0 Å². The van der Waals surface area contributed by atoms with Crippen molar-refractivity contribution < 1.29 is 0 Å². The van der Waals surface area contributed by atoms with Crippen LogP contribution >= 0.6 is 0 Å². The molecule has 3 aromatic carbocycles. The fourth-order valence-corrected chi connectivity index (χ4v) is 5.29. The SMILES string of the molecule is Cn1c2ccccc2c2c(N3c4ccccc4C4(C)C=CC=CC34)cccc21. The van der Waals surface area contributed by atoms with Gasteiger partial charge in [0.25, 0.3) is 0 Å². The molecular formula is C26H22N2. The number of rotatable bonds is 1. The number of aromatic nitrogens is 1. The molecule has 136 valence electrons. The first kappa shape index (κ1) is 15.8. The molecule has 2 heterocycles.